The van der Waals surface area contributed by atoms with Crippen LogP contribution in [0.3, 0.4) is 0 Å². The molecule has 2 N–H and O–H groups in total. The largest absolute Gasteiger partial charge is 1.00 e. The number of hydrogen-bond donors (Lipinski definition) is 2. The molecule has 2 fully saturated rings. The van der Waals surface area contributed by atoms with Crippen molar-refractivity contribution in [2.45, 2.75) is 36.1 Å². The van der Waals surface area contributed by atoms with Crippen molar-refractivity contribution in [2.75, 3.05) is 20.6 Å². The molecule has 0 spiro atoms. The van der Waals surface area contributed by atoms with Gasteiger partial charge in [-0.05, 0) is 13.3 Å². The quantitative estimate of drug-likeness (QED) is 0.334. The molecule has 2 amide bonds. The standard InChI is InChI=1S/C15H21N3O5S2.K/c1-6(19)9-12(21)18-10(14(22)23)15(25-13(9)18)24-7-4-8(16-5-7)11(20)17(2)3;/h6-9,13,16,19H,4-5H2,1-3H3,(H,22,23);/q;+1/p-1/t6-,7-,8-,9+,13-;/m1./s1. The molecule has 0 radical (unpaired) electrons. The molecule has 0 unspecified atom stereocenters. The van der Waals surface area contributed by atoms with Crippen LogP contribution >= 0.6 is 23.5 Å². The molecule has 0 aliphatic carbocycles. The summed E-state index contributed by atoms with van der Waals surface area (Å²) in [4.78, 5) is 38.5. The molecule has 0 bridgehead atoms. The Hall–Kier alpha value is 0.406. The second-order valence-electron chi connectivity index (χ2n) is 6.58. The summed E-state index contributed by atoms with van der Waals surface area (Å²) in [6.07, 6.45) is -0.242. The van der Waals surface area contributed by atoms with Crippen LogP contribution in [0, 0.1) is 5.92 Å². The number of amides is 2. The monoisotopic (exact) mass is 425 g/mol. The average Bonchev–Trinajstić information content (AvgIpc) is 3.09. The van der Waals surface area contributed by atoms with Crippen molar-refractivity contribution < 1.29 is 76.0 Å². The molecule has 26 heavy (non-hydrogen) atoms. The van der Waals surface area contributed by atoms with Crippen LogP contribution < -0.4 is 61.8 Å². The molecular formula is C15H20KN3O5S2. The van der Waals surface area contributed by atoms with Gasteiger partial charge in [0.15, 0.2) is 0 Å². The molecule has 3 aliphatic heterocycles. The van der Waals surface area contributed by atoms with Crippen molar-refractivity contribution in [2.24, 2.45) is 5.92 Å². The van der Waals surface area contributed by atoms with E-state index >= 15 is 0 Å². The molecule has 5 atom stereocenters. The molecule has 3 aliphatic rings. The van der Waals surface area contributed by atoms with Gasteiger partial charge >= 0.3 is 51.4 Å². The van der Waals surface area contributed by atoms with E-state index in [1.165, 1.54) is 40.2 Å². The Kier molecular flexibility index (Phi) is 7.70. The van der Waals surface area contributed by atoms with E-state index in [4.69, 9.17) is 0 Å². The van der Waals surface area contributed by atoms with Crippen molar-refractivity contribution >= 4 is 41.3 Å². The number of aliphatic carboxylic acids is 1. The number of rotatable bonds is 5. The van der Waals surface area contributed by atoms with Gasteiger partial charge in [-0.2, -0.15) is 0 Å². The minimum absolute atomic E-state index is 0. The van der Waals surface area contributed by atoms with Crippen molar-refractivity contribution in [3.8, 4) is 0 Å². The Morgan fingerprint density at radius 3 is 2.65 bits per heavy atom. The molecule has 8 nitrogen and oxygen atoms in total. The van der Waals surface area contributed by atoms with Crippen LogP contribution in [0.15, 0.2) is 9.93 Å². The van der Waals surface area contributed by atoms with Gasteiger partial charge in [-0.1, -0.05) is 11.8 Å². The van der Waals surface area contributed by atoms with Crippen LogP contribution in [0.5, 0.6) is 0 Å². The molecule has 0 aromatic heterocycles. The normalized spacial score (nSPS) is 31.2. The maximum atomic E-state index is 12.2. The van der Waals surface area contributed by atoms with E-state index in [1.807, 2.05) is 0 Å². The molecule has 0 saturated carbocycles. The molecule has 11 heteroatoms. The molecule has 138 valence electrons. The summed E-state index contributed by atoms with van der Waals surface area (Å²) in [5.41, 5.74) is -0.107. The average molecular weight is 426 g/mol. The van der Waals surface area contributed by atoms with Gasteiger partial charge in [0.25, 0.3) is 0 Å². The second kappa shape index (κ2) is 8.83. The third-order valence-electron chi connectivity index (χ3n) is 4.56. The zero-order valence-electron chi connectivity index (χ0n) is 15.1. The number of hydrogen-bond acceptors (Lipinski definition) is 8. The Balaban J connectivity index is 0.00000243. The number of carboxylic acid groups (broad SMARTS) is 1. The Morgan fingerprint density at radius 2 is 2.12 bits per heavy atom. The van der Waals surface area contributed by atoms with E-state index in [0.717, 1.165) is 0 Å². The summed E-state index contributed by atoms with van der Waals surface area (Å²) in [6.45, 7) is 2.11. The first-order valence-electron chi connectivity index (χ1n) is 7.97. The van der Waals surface area contributed by atoms with Gasteiger partial charge in [0.1, 0.15) is 5.37 Å². The van der Waals surface area contributed by atoms with E-state index in [9.17, 15) is 24.6 Å². The maximum absolute atomic E-state index is 12.2. The molecule has 3 rings (SSSR count). The minimum Gasteiger partial charge on any atom is -0.543 e. The number of thioether (sulfide) groups is 2. The number of aliphatic hydroxyl groups is 1. The first kappa shape index (κ1) is 22.7. The molecule has 3 heterocycles. The van der Waals surface area contributed by atoms with E-state index in [1.54, 1.807) is 14.1 Å². The van der Waals surface area contributed by atoms with E-state index < -0.39 is 23.4 Å². The first-order valence-corrected chi connectivity index (χ1v) is 9.73. The summed E-state index contributed by atoms with van der Waals surface area (Å²) >= 11 is 2.64. The summed E-state index contributed by atoms with van der Waals surface area (Å²) in [6, 6.07) is -0.283. The fourth-order valence-corrected chi connectivity index (χ4v) is 6.58. The van der Waals surface area contributed by atoms with Crippen LogP contribution in [0.25, 0.3) is 0 Å². The van der Waals surface area contributed by atoms with Crippen LogP contribution in [0.2, 0.25) is 0 Å². The second-order valence-corrected chi connectivity index (χ2v) is 9.27. The Bertz CT molecular complexity index is 657. The first-order chi connectivity index (χ1) is 11.7. The minimum atomic E-state index is -1.39. The zero-order chi connectivity index (χ0) is 18.5. The Morgan fingerprint density at radius 1 is 1.46 bits per heavy atom. The number of carbonyl (C=O) groups excluding carboxylic acids is 3. The molecule has 0 aromatic carbocycles. The van der Waals surface area contributed by atoms with Gasteiger partial charge in [-0.25, -0.2) is 0 Å². The van der Waals surface area contributed by atoms with Gasteiger partial charge in [0, 0.05) is 25.9 Å². The number of aliphatic hydroxyl groups excluding tert-OH is 1. The summed E-state index contributed by atoms with van der Waals surface area (Å²) in [5, 5.41) is 24.1. The van der Waals surface area contributed by atoms with Gasteiger partial charge in [0.05, 0.1) is 34.0 Å². The third-order valence-corrected chi connectivity index (χ3v) is 7.39. The summed E-state index contributed by atoms with van der Waals surface area (Å²) in [7, 11) is 3.39. The molecule has 0 aromatic rings. The third kappa shape index (κ3) is 4.06. The van der Waals surface area contributed by atoms with E-state index in [-0.39, 0.29) is 80.2 Å². The van der Waals surface area contributed by atoms with Crippen LogP contribution in [-0.4, -0.2) is 76.1 Å². The topological polar surface area (TPSA) is 113 Å². The van der Waals surface area contributed by atoms with Crippen molar-refractivity contribution in [3.05, 3.63) is 9.93 Å². The van der Waals surface area contributed by atoms with Crippen LogP contribution in [0.4, 0.5) is 0 Å². The zero-order valence-corrected chi connectivity index (χ0v) is 19.8. The fraction of sp³-hybridized carbons (Fsp3) is 0.667. The predicted molar refractivity (Wildman–Crippen MR) is 91.9 cm³/mol. The Labute approximate surface area is 202 Å². The number of fused-ring (bicyclic) bond motifs is 1. The van der Waals surface area contributed by atoms with Crippen LogP contribution in [-0.2, 0) is 14.4 Å². The number of β-lactam (4-membered cyclic amide) rings is 1. The van der Waals surface area contributed by atoms with E-state index in [2.05, 4.69) is 5.32 Å². The maximum Gasteiger partial charge on any atom is 1.00 e. The summed E-state index contributed by atoms with van der Waals surface area (Å²) < 4.78 is 0.520. The number of carboxylic acids is 1. The number of carbonyl (C=O) groups is 3. The number of likely N-dealkylation sites (N-methyl/N-ethyl adjacent to an activating group) is 1. The van der Waals surface area contributed by atoms with Crippen molar-refractivity contribution in [1.29, 1.82) is 0 Å². The van der Waals surface area contributed by atoms with Crippen LogP contribution in [0.1, 0.15) is 13.3 Å². The number of nitrogens with one attached hydrogen (secondary N) is 1. The van der Waals surface area contributed by atoms with Crippen molar-refractivity contribution in [3.63, 3.8) is 0 Å². The van der Waals surface area contributed by atoms with Gasteiger partial charge in [-0.3, -0.25) is 14.5 Å². The van der Waals surface area contributed by atoms with Gasteiger partial charge in [0.2, 0.25) is 11.8 Å². The van der Waals surface area contributed by atoms with Crippen molar-refractivity contribution in [1.82, 2.24) is 15.1 Å². The summed E-state index contributed by atoms with van der Waals surface area (Å²) in [5.74, 6) is -2.37. The van der Waals surface area contributed by atoms with Gasteiger partial charge in [-0.15, -0.1) is 11.8 Å². The van der Waals surface area contributed by atoms with Gasteiger partial charge < -0.3 is 25.2 Å². The molecular weight excluding hydrogens is 405 g/mol. The van der Waals surface area contributed by atoms with E-state index in [0.29, 0.717) is 17.2 Å². The smallest absolute Gasteiger partial charge is 0.543 e. The fourth-order valence-electron chi connectivity index (χ4n) is 3.27. The molecule has 2 saturated heterocycles. The predicted octanol–water partition coefficient (Wildman–Crippen LogP) is -4.63. The SMILES string of the molecule is C[C@@H](O)[C@H]1C(=O)N2C(C(=O)[O-])=C(S[C@H]3CN[C@@H](C(=O)N(C)C)C3)S[C@H]12.[K+]. The number of nitrogens with zero attached hydrogens (tertiary/aromatic N) is 2.